The van der Waals surface area contributed by atoms with E-state index in [0.29, 0.717) is 57.9 Å². The van der Waals surface area contributed by atoms with E-state index in [1.807, 2.05) is 62.3 Å². The number of amides is 2. The number of aliphatic hydroxyl groups excluding tert-OH is 3. The smallest absolute Gasteiger partial charge is 0.251 e. The van der Waals surface area contributed by atoms with Crippen molar-refractivity contribution in [3.05, 3.63) is 84.5 Å². The minimum absolute atomic E-state index is 0.0151. The van der Waals surface area contributed by atoms with Gasteiger partial charge in [-0.15, -0.1) is 0 Å². The number of ether oxygens (including phenoxy) is 1. The first-order valence-electron chi connectivity index (χ1n) is 20.1. The maximum absolute atomic E-state index is 14.3. The highest BCUT2D eigenvalue weighted by atomic mass is 16.7. The van der Waals surface area contributed by atoms with Gasteiger partial charge in [0.05, 0.1) is 32.4 Å². The van der Waals surface area contributed by atoms with Crippen LogP contribution in [0, 0.1) is 29.1 Å². The molecule has 4 aliphatic rings. The molecule has 10 atom stereocenters. The molecule has 4 fully saturated rings. The molecule has 12 nitrogen and oxygen atoms in total. The van der Waals surface area contributed by atoms with E-state index in [9.17, 15) is 24.9 Å². The molecular weight excluding hydrogens is 723 g/mol. The van der Waals surface area contributed by atoms with Crippen molar-refractivity contribution in [2.45, 2.75) is 83.5 Å². The number of hydrogen-bond acceptors (Lipinski definition) is 10. The molecule has 0 unspecified atom stereocenters. The lowest BCUT2D eigenvalue weighted by Crippen LogP contribution is -2.62. The van der Waals surface area contributed by atoms with Gasteiger partial charge in [-0.2, -0.15) is 5.06 Å². The van der Waals surface area contributed by atoms with E-state index in [-0.39, 0.29) is 36.4 Å². The zero-order valence-corrected chi connectivity index (χ0v) is 35.2. The number of hydrogen-bond donors (Lipinski definition) is 5. The standard InChI is InChI=1S/C45H65N5O7/c1-12-15-28(13-2)41(53)37(24-48(7)8)47-43(54)31-18-30(19-33(20-31)49(9)10)34-17-14-16-29(42(34)56-11)23-50-40(39(27(4)52)38(25-51)57-50)44(55)46-36-22-32-21-35(26(36)3)45(32,5)6/h12-20,26-27,32,35-41,51-53H,1-2,21-25H2,3-11H3,(H,46,55)(H,47,54)/b28-15+/t26-,27-,32-,35+,36-,37+,38-,39+,40-,41+/m0/s1. The van der Waals surface area contributed by atoms with Gasteiger partial charge in [-0.05, 0) is 86.4 Å². The van der Waals surface area contributed by atoms with Crippen LogP contribution >= 0.6 is 0 Å². The van der Waals surface area contributed by atoms with Crippen molar-refractivity contribution in [2.24, 2.45) is 29.1 Å². The molecule has 1 aliphatic heterocycles. The Morgan fingerprint density at radius 1 is 1.12 bits per heavy atom. The molecule has 312 valence electrons. The molecule has 2 aromatic rings. The number of anilines is 1. The largest absolute Gasteiger partial charge is 0.496 e. The average molecular weight is 788 g/mol. The van der Waals surface area contributed by atoms with Crippen LogP contribution < -0.4 is 20.3 Å². The lowest BCUT2D eigenvalue weighted by atomic mass is 9.45. The fourth-order valence-electron chi connectivity index (χ4n) is 9.51. The Balaban J connectivity index is 1.46. The summed E-state index contributed by atoms with van der Waals surface area (Å²) in [6.07, 6.45) is 4.17. The van der Waals surface area contributed by atoms with E-state index in [1.54, 1.807) is 49.5 Å². The summed E-state index contributed by atoms with van der Waals surface area (Å²) in [7, 11) is 9.11. The third-order valence-electron chi connectivity index (χ3n) is 12.8. The quantitative estimate of drug-likeness (QED) is 0.146. The van der Waals surface area contributed by atoms with E-state index < -0.39 is 36.3 Å². The molecule has 0 aromatic heterocycles. The highest BCUT2D eigenvalue weighted by Crippen LogP contribution is 2.61. The number of benzene rings is 2. The second kappa shape index (κ2) is 18.3. The second-order valence-corrected chi connectivity index (χ2v) is 17.3. The minimum atomic E-state index is -1.03. The number of para-hydroxylation sites is 1. The molecule has 3 saturated carbocycles. The average Bonchev–Trinajstić information content (AvgIpc) is 3.55. The zero-order valence-electron chi connectivity index (χ0n) is 35.2. The third-order valence-corrected chi connectivity index (χ3v) is 12.8. The van der Waals surface area contributed by atoms with Crippen LogP contribution in [0.5, 0.6) is 5.75 Å². The fraction of sp³-hybridized carbons (Fsp3) is 0.556. The SMILES string of the molecule is C=C/C=C(\C=C)[C@@H](O)[C@@H](CN(C)C)NC(=O)c1cc(-c2cccc(CN3O[C@@H](CO)[C@@H]([C@H](C)O)[C@H]3C(=O)N[C@H]3C[C@@H]4C[C@H]([C@@H]3C)C4(C)C)c2OC)cc(N(C)C)c1. The van der Waals surface area contributed by atoms with E-state index in [2.05, 4.69) is 44.6 Å². The fourth-order valence-corrected chi connectivity index (χ4v) is 9.51. The van der Waals surface area contributed by atoms with Crippen molar-refractivity contribution in [1.82, 2.24) is 20.6 Å². The molecular formula is C45H65N5O7. The molecule has 2 bridgehead atoms. The molecule has 5 N–H and O–H groups in total. The van der Waals surface area contributed by atoms with Crippen LogP contribution in [-0.2, 0) is 16.2 Å². The van der Waals surface area contributed by atoms with Crippen LogP contribution in [0.4, 0.5) is 5.69 Å². The van der Waals surface area contributed by atoms with E-state index in [0.717, 1.165) is 12.1 Å². The topological polar surface area (TPSA) is 147 Å². The van der Waals surface area contributed by atoms with Crippen LogP contribution in [0.3, 0.4) is 0 Å². The Hall–Kier alpha value is -4.04. The molecule has 0 spiro atoms. The Kier molecular flexibility index (Phi) is 14.1. The van der Waals surface area contributed by atoms with E-state index >= 15 is 0 Å². The molecule has 12 heteroatoms. The van der Waals surface area contributed by atoms with Gasteiger partial charge >= 0.3 is 0 Å². The summed E-state index contributed by atoms with van der Waals surface area (Å²) in [5.41, 5.74) is 4.10. The molecule has 57 heavy (non-hydrogen) atoms. The molecule has 1 heterocycles. The van der Waals surface area contributed by atoms with Gasteiger partial charge in [0, 0.05) is 55.0 Å². The highest BCUT2D eigenvalue weighted by molar-refractivity contribution is 5.97. The van der Waals surface area contributed by atoms with Crippen molar-refractivity contribution in [2.75, 3.05) is 53.4 Å². The maximum atomic E-state index is 14.3. The predicted molar refractivity (Wildman–Crippen MR) is 225 cm³/mol. The van der Waals surface area contributed by atoms with Crippen molar-refractivity contribution in [1.29, 1.82) is 0 Å². The molecule has 0 radical (unpaired) electrons. The minimum Gasteiger partial charge on any atom is -0.496 e. The van der Waals surface area contributed by atoms with Gasteiger partial charge in [0.2, 0.25) is 5.91 Å². The number of likely N-dealkylation sites (N-methyl/N-ethyl adjacent to an activating group) is 1. The summed E-state index contributed by atoms with van der Waals surface area (Å²) < 4.78 is 6.08. The number of nitrogens with zero attached hydrogens (tertiary/aromatic N) is 3. The van der Waals surface area contributed by atoms with Crippen molar-refractivity contribution in [3.8, 4) is 16.9 Å². The Labute approximate surface area is 339 Å². The normalized spacial score (nSPS) is 27.2. The number of allylic oxidation sites excluding steroid dienone is 2. The van der Waals surface area contributed by atoms with Crippen molar-refractivity contribution in [3.63, 3.8) is 0 Å². The van der Waals surface area contributed by atoms with Crippen LogP contribution in [-0.4, -0.2) is 122 Å². The third kappa shape index (κ3) is 9.16. The number of nitrogens with one attached hydrogen (secondary N) is 2. The number of hydroxylamine groups is 2. The van der Waals surface area contributed by atoms with E-state index in [1.165, 1.54) is 6.42 Å². The van der Waals surface area contributed by atoms with Crippen LogP contribution in [0.2, 0.25) is 0 Å². The van der Waals surface area contributed by atoms with Gasteiger partial charge in [-0.25, -0.2) is 0 Å². The number of aliphatic hydroxyl groups is 3. The van der Waals surface area contributed by atoms with Crippen LogP contribution in [0.25, 0.3) is 11.1 Å². The van der Waals surface area contributed by atoms with Gasteiger partial charge in [0.25, 0.3) is 5.91 Å². The summed E-state index contributed by atoms with van der Waals surface area (Å²) in [5.74, 6) is 0.667. The van der Waals surface area contributed by atoms with Crippen molar-refractivity contribution < 1.29 is 34.5 Å². The number of methoxy groups -OCH3 is 1. The molecule has 2 aromatic carbocycles. The van der Waals surface area contributed by atoms with Gasteiger partial charge in [-0.3, -0.25) is 14.4 Å². The maximum Gasteiger partial charge on any atom is 0.251 e. The number of carbonyl (C=O) groups is 2. The van der Waals surface area contributed by atoms with Gasteiger partial charge < -0.3 is 40.5 Å². The Morgan fingerprint density at radius 3 is 2.40 bits per heavy atom. The van der Waals surface area contributed by atoms with Crippen LogP contribution in [0.1, 0.15) is 56.5 Å². The zero-order chi connectivity index (χ0) is 41.9. The van der Waals surface area contributed by atoms with Gasteiger partial charge in [0.1, 0.15) is 24.0 Å². The Morgan fingerprint density at radius 2 is 1.84 bits per heavy atom. The summed E-state index contributed by atoms with van der Waals surface area (Å²) in [6.45, 7) is 16.2. The lowest BCUT2D eigenvalue weighted by molar-refractivity contribution is -0.183. The first kappa shape index (κ1) is 44.1. The van der Waals surface area contributed by atoms with Gasteiger partial charge in [-0.1, -0.05) is 70.4 Å². The van der Waals surface area contributed by atoms with Crippen molar-refractivity contribution >= 4 is 17.5 Å². The summed E-state index contributed by atoms with van der Waals surface area (Å²) in [5, 5.41) is 40.6. The predicted octanol–water partition coefficient (Wildman–Crippen LogP) is 4.41. The number of carbonyl (C=O) groups excluding carboxylic acids is 2. The van der Waals surface area contributed by atoms with E-state index in [4.69, 9.17) is 9.57 Å². The van der Waals surface area contributed by atoms with Crippen LogP contribution in [0.15, 0.2) is 73.4 Å². The summed E-state index contributed by atoms with van der Waals surface area (Å²) >= 11 is 0. The molecule has 2 amide bonds. The molecule has 6 rings (SSSR count). The highest BCUT2D eigenvalue weighted by Gasteiger charge is 2.57. The molecule has 3 aliphatic carbocycles. The summed E-state index contributed by atoms with van der Waals surface area (Å²) in [6, 6.07) is 9.75. The first-order chi connectivity index (χ1) is 27.0. The number of rotatable bonds is 17. The Bertz CT molecular complexity index is 1810. The lowest BCUT2D eigenvalue weighted by Gasteiger charge is -2.62. The summed E-state index contributed by atoms with van der Waals surface area (Å²) in [4.78, 5) is 38.4. The van der Waals surface area contributed by atoms with Gasteiger partial charge in [0.15, 0.2) is 0 Å². The molecule has 1 saturated heterocycles. The monoisotopic (exact) mass is 787 g/mol. The number of fused-ring (bicyclic) bond motifs is 2. The second-order valence-electron chi connectivity index (χ2n) is 17.3. The first-order valence-corrected chi connectivity index (χ1v) is 20.1.